The molecule has 19 heteroatoms. The molecule has 5 atom stereocenters. The van der Waals surface area contributed by atoms with Crippen molar-refractivity contribution in [2.45, 2.75) is 412 Å². The fraction of sp³-hybridized carbons (Fsp3) is 0.946. The van der Waals surface area contributed by atoms with E-state index >= 15 is 0 Å². The van der Waals surface area contributed by atoms with Crippen molar-refractivity contribution >= 4 is 39.5 Å². The second-order valence-electron chi connectivity index (χ2n) is 26.7. The lowest BCUT2D eigenvalue weighted by Crippen LogP contribution is -2.30. The number of rotatable bonds is 75. The Bertz CT molecular complexity index is 1770. The number of phosphoric acid groups is 2. The zero-order chi connectivity index (χ0) is 68.2. The minimum absolute atomic E-state index is 0.109. The van der Waals surface area contributed by atoms with Crippen molar-refractivity contribution < 1.29 is 80.2 Å². The van der Waals surface area contributed by atoms with Crippen LogP contribution < -0.4 is 0 Å². The Kier molecular flexibility index (Phi) is 67.1. The maximum atomic E-state index is 13.1. The van der Waals surface area contributed by atoms with Gasteiger partial charge in [-0.1, -0.05) is 342 Å². The van der Waals surface area contributed by atoms with E-state index in [9.17, 15) is 43.2 Å². The summed E-state index contributed by atoms with van der Waals surface area (Å²) in [5, 5.41) is 10.6. The van der Waals surface area contributed by atoms with Crippen LogP contribution in [0.25, 0.3) is 0 Å². The lowest BCUT2D eigenvalue weighted by Gasteiger charge is -2.21. The topological polar surface area (TPSA) is 237 Å². The van der Waals surface area contributed by atoms with Crippen molar-refractivity contribution in [3.8, 4) is 0 Å². The molecule has 0 aliphatic heterocycles. The van der Waals surface area contributed by atoms with Gasteiger partial charge in [0.05, 0.1) is 26.4 Å². The molecule has 3 N–H and O–H groups in total. The number of hydrogen-bond donors (Lipinski definition) is 3. The molecule has 3 unspecified atom stereocenters. The van der Waals surface area contributed by atoms with Crippen LogP contribution in [0.2, 0.25) is 0 Å². The van der Waals surface area contributed by atoms with E-state index in [-0.39, 0.29) is 25.7 Å². The van der Waals surface area contributed by atoms with Gasteiger partial charge in [-0.15, -0.1) is 0 Å². The van der Waals surface area contributed by atoms with Crippen LogP contribution in [0.3, 0.4) is 0 Å². The molecule has 0 fully saturated rings. The maximum absolute atomic E-state index is 13.1. The fourth-order valence-electron chi connectivity index (χ4n) is 11.4. The second kappa shape index (κ2) is 68.6. The van der Waals surface area contributed by atoms with Gasteiger partial charge in [0.1, 0.15) is 19.3 Å². The summed E-state index contributed by atoms with van der Waals surface area (Å²) in [5.41, 5.74) is 0. The van der Waals surface area contributed by atoms with Crippen molar-refractivity contribution in [3.05, 3.63) is 0 Å². The Hall–Kier alpha value is -1.94. The molecule has 0 aromatic carbocycles. The lowest BCUT2D eigenvalue weighted by atomic mass is 10.0. The molecule has 0 radical (unpaired) electrons. The first-order valence-corrected chi connectivity index (χ1v) is 41.8. The summed E-state index contributed by atoms with van der Waals surface area (Å²) in [6.07, 6.45) is 58.0. The monoisotopic (exact) mass is 1370 g/mol. The normalized spacial score (nSPS) is 13.9. The van der Waals surface area contributed by atoms with E-state index in [1.54, 1.807) is 0 Å². The minimum Gasteiger partial charge on any atom is -0.462 e. The van der Waals surface area contributed by atoms with Gasteiger partial charge in [-0.25, -0.2) is 9.13 Å². The molecule has 0 saturated carbocycles. The molecular weight excluding hydrogens is 1220 g/mol. The molecule has 0 saturated heterocycles. The molecule has 0 aliphatic rings. The van der Waals surface area contributed by atoms with Crippen LogP contribution in [0.5, 0.6) is 0 Å². The molecule has 0 heterocycles. The Morgan fingerprint density at radius 1 is 0.258 bits per heavy atom. The largest absolute Gasteiger partial charge is 0.472 e. The number of phosphoric ester groups is 2. The average Bonchev–Trinajstić information content (AvgIpc) is 3.47. The predicted molar refractivity (Wildman–Crippen MR) is 377 cm³/mol. The van der Waals surface area contributed by atoms with Gasteiger partial charge in [0.25, 0.3) is 0 Å². The second-order valence-corrected chi connectivity index (χ2v) is 29.6. The minimum atomic E-state index is -4.95. The number of carbonyl (C=O) groups is 4. The van der Waals surface area contributed by atoms with E-state index in [1.165, 1.54) is 225 Å². The maximum Gasteiger partial charge on any atom is 0.472 e. The molecule has 0 rings (SSSR count). The van der Waals surface area contributed by atoms with Crippen LogP contribution in [0.4, 0.5) is 0 Å². The standard InChI is InChI=1S/C74H144O17P2/c1-5-9-13-17-21-25-29-33-34-37-41-45-49-53-57-61-74(79)91-70(65-85-72(77)59-55-51-47-43-39-35-30-26-22-18-14-10-6-2)67-89-93(82,83)87-63-68(75)62-86-92(80,81)88-66-69(64-84-71(76)58-54-50-46-42-38-32-28-24-20-16-12-8-4)90-73(78)60-56-52-48-44-40-36-31-27-23-19-15-11-7-3/h68-70,75H,5-67H2,1-4H3,(H,80,81)(H,82,83)/t68?,69-,70-/m1/s1. The van der Waals surface area contributed by atoms with Crippen molar-refractivity contribution in [2.24, 2.45) is 0 Å². The van der Waals surface area contributed by atoms with Gasteiger partial charge in [-0.05, 0) is 25.7 Å². The van der Waals surface area contributed by atoms with Crippen LogP contribution in [-0.4, -0.2) is 96.7 Å². The average molecular weight is 1370 g/mol. The van der Waals surface area contributed by atoms with Crippen molar-refractivity contribution in [1.29, 1.82) is 0 Å². The number of hydrogen-bond acceptors (Lipinski definition) is 15. The summed E-state index contributed by atoms with van der Waals surface area (Å²) in [6, 6.07) is 0. The van der Waals surface area contributed by atoms with Gasteiger partial charge in [0.15, 0.2) is 12.2 Å². The van der Waals surface area contributed by atoms with Crippen LogP contribution in [-0.2, 0) is 65.4 Å². The zero-order valence-corrected chi connectivity index (χ0v) is 62.0. The van der Waals surface area contributed by atoms with Gasteiger partial charge in [-0.2, -0.15) is 0 Å². The van der Waals surface area contributed by atoms with E-state index < -0.39 is 97.5 Å². The molecular formula is C74H144O17P2. The van der Waals surface area contributed by atoms with Crippen molar-refractivity contribution in [1.82, 2.24) is 0 Å². The Balaban J connectivity index is 5.26. The first-order valence-electron chi connectivity index (χ1n) is 38.8. The number of aliphatic hydroxyl groups is 1. The third-order valence-corrected chi connectivity index (χ3v) is 19.3. The molecule has 0 bridgehead atoms. The van der Waals surface area contributed by atoms with Crippen molar-refractivity contribution in [3.63, 3.8) is 0 Å². The number of unbranched alkanes of at least 4 members (excludes halogenated alkanes) is 49. The van der Waals surface area contributed by atoms with Gasteiger partial charge in [0, 0.05) is 25.7 Å². The Labute approximate surface area is 568 Å². The van der Waals surface area contributed by atoms with Crippen molar-refractivity contribution in [2.75, 3.05) is 39.6 Å². The first kappa shape index (κ1) is 91.1. The Morgan fingerprint density at radius 3 is 0.634 bits per heavy atom. The van der Waals surface area contributed by atoms with E-state index in [1.807, 2.05) is 0 Å². The third-order valence-electron chi connectivity index (χ3n) is 17.4. The van der Waals surface area contributed by atoms with Crippen LogP contribution >= 0.6 is 15.6 Å². The van der Waals surface area contributed by atoms with Crippen LogP contribution in [0.15, 0.2) is 0 Å². The lowest BCUT2D eigenvalue weighted by molar-refractivity contribution is -0.161. The summed E-state index contributed by atoms with van der Waals surface area (Å²) in [7, 11) is -9.90. The van der Waals surface area contributed by atoms with E-state index in [0.717, 1.165) is 89.9 Å². The third kappa shape index (κ3) is 68.4. The summed E-state index contributed by atoms with van der Waals surface area (Å²) in [6.45, 7) is 4.99. The highest BCUT2D eigenvalue weighted by atomic mass is 31.2. The predicted octanol–water partition coefficient (Wildman–Crippen LogP) is 21.8. The molecule has 0 spiro atoms. The molecule has 0 aromatic heterocycles. The number of aliphatic hydroxyl groups excluding tert-OH is 1. The fourth-order valence-corrected chi connectivity index (χ4v) is 13.0. The highest BCUT2D eigenvalue weighted by Gasteiger charge is 2.30. The van der Waals surface area contributed by atoms with Crippen LogP contribution in [0, 0.1) is 0 Å². The molecule has 552 valence electrons. The summed E-state index contributed by atoms with van der Waals surface area (Å²) in [5.74, 6) is -2.11. The highest BCUT2D eigenvalue weighted by molar-refractivity contribution is 7.47. The van der Waals surface area contributed by atoms with Crippen LogP contribution in [0.1, 0.15) is 394 Å². The quantitative estimate of drug-likeness (QED) is 0.0222. The smallest absolute Gasteiger partial charge is 0.462 e. The molecule has 17 nitrogen and oxygen atoms in total. The van der Waals surface area contributed by atoms with E-state index in [4.69, 9.17) is 37.0 Å². The summed E-state index contributed by atoms with van der Waals surface area (Å²) < 4.78 is 68.5. The first-order chi connectivity index (χ1) is 45.2. The molecule has 0 aromatic rings. The van der Waals surface area contributed by atoms with Gasteiger partial charge in [0.2, 0.25) is 0 Å². The molecule has 0 aliphatic carbocycles. The van der Waals surface area contributed by atoms with Gasteiger partial charge in [-0.3, -0.25) is 37.3 Å². The molecule has 0 amide bonds. The summed E-state index contributed by atoms with van der Waals surface area (Å²) >= 11 is 0. The Morgan fingerprint density at radius 2 is 0.430 bits per heavy atom. The van der Waals surface area contributed by atoms with Gasteiger partial charge < -0.3 is 33.8 Å². The van der Waals surface area contributed by atoms with E-state index in [0.29, 0.717) is 25.7 Å². The van der Waals surface area contributed by atoms with E-state index in [2.05, 4.69) is 27.7 Å². The molecule has 93 heavy (non-hydrogen) atoms. The SMILES string of the molecule is CCCCCCCCCCCCCCCCCC(=O)O[C@H](COC(=O)CCCCCCCCCCCCCCC)COP(=O)(O)OCC(O)COP(=O)(O)OC[C@@H](COC(=O)CCCCCCCCCCCCCC)OC(=O)CCCCCCCCCCCCCCC. The zero-order valence-electron chi connectivity index (χ0n) is 60.2. The number of ether oxygens (including phenoxy) is 4. The number of esters is 4. The summed E-state index contributed by atoms with van der Waals surface area (Å²) in [4.78, 5) is 72.8. The number of carbonyl (C=O) groups excluding carboxylic acids is 4. The van der Waals surface area contributed by atoms with Gasteiger partial charge >= 0.3 is 39.5 Å². The highest BCUT2D eigenvalue weighted by Crippen LogP contribution is 2.45.